The van der Waals surface area contributed by atoms with Crippen LogP contribution in [0.1, 0.15) is 84.0 Å². The van der Waals surface area contributed by atoms with E-state index in [1.807, 2.05) is 73.7 Å². The van der Waals surface area contributed by atoms with Crippen molar-refractivity contribution in [2.75, 3.05) is 19.8 Å². The molecule has 1 aromatic heterocycles. The van der Waals surface area contributed by atoms with Crippen molar-refractivity contribution in [3.63, 3.8) is 0 Å². The van der Waals surface area contributed by atoms with Gasteiger partial charge in [0.2, 0.25) is 19.2 Å². The van der Waals surface area contributed by atoms with Crippen LogP contribution in [-0.4, -0.2) is 82.1 Å². The molecular weight excluding hydrogens is 719 g/mol. The van der Waals surface area contributed by atoms with Gasteiger partial charge in [-0.3, -0.25) is 14.2 Å². The fourth-order valence-corrected chi connectivity index (χ4v) is 10.9. The third kappa shape index (κ3) is 8.55. The number of rotatable bonds is 9. The van der Waals surface area contributed by atoms with Gasteiger partial charge in [0.25, 0.3) is 0 Å². The molecular formula is C42H53N4O8P. The van der Waals surface area contributed by atoms with E-state index in [1.165, 1.54) is 4.90 Å². The van der Waals surface area contributed by atoms with Crippen LogP contribution in [0.4, 0.5) is 4.79 Å². The number of allylic oxidation sites excluding steroid dienone is 1. The van der Waals surface area contributed by atoms with Crippen molar-refractivity contribution >= 4 is 36.2 Å². The molecule has 0 spiro atoms. The van der Waals surface area contributed by atoms with Crippen LogP contribution >= 0.6 is 7.37 Å². The quantitative estimate of drug-likeness (QED) is 0.150. The molecule has 3 aromatic rings. The molecule has 294 valence electrons. The molecule has 4 aliphatic rings. The average molecular weight is 773 g/mol. The topological polar surface area (TPSA) is 156 Å². The lowest BCUT2D eigenvalue weighted by Crippen LogP contribution is -2.55. The normalized spacial score (nSPS) is 27.8. The maximum atomic E-state index is 14.7. The van der Waals surface area contributed by atoms with Gasteiger partial charge < -0.3 is 34.6 Å². The Morgan fingerprint density at radius 2 is 1.82 bits per heavy atom. The first-order valence-electron chi connectivity index (χ1n) is 19.9. The molecule has 1 saturated heterocycles. The standard InChI is InChI=1S/C42H53N4O8P/c1-3-22-55(50,51)42-26-29(42)16-10-5-4-6-11-19-34(44-41(49)54-30-17-12-13-18-30)40(48)46-27-32(24-37(46)39(47)45-42)53-38-25-35(28-14-8-7-9-15-28)43-36-23-31(52-2)20-21-33(36)38/h7-10,14-16,20-21,23,25,29-30,32,34,37H,3-6,11-13,17-19,22,24,26-27H2,1-2H3,(H,44,49)(H,45,47)(H,50,51)/b16-10-/t29-,32+,34-,37-,42-/m0/s1. The molecule has 2 saturated carbocycles. The van der Waals surface area contributed by atoms with Crippen molar-refractivity contribution in [2.24, 2.45) is 5.92 Å². The molecule has 3 heterocycles. The summed E-state index contributed by atoms with van der Waals surface area (Å²) in [5.74, 6) is -0.00987. The lowest BCUT2D eigenvalue weighted by Gasteiger charge is -2.31. The highest BCUT2D eigenvalue weighted by Crippen LogP contribution is 2.69. The zero-order valence-corrected chi connectivity index (χ0v) is 32.7. The van der Waals surface area contributed by atoms with E-state index in [4.69, 9.17) is 19.2 Å². The van der Waals surface area contributed by atoms with E-state index in [9.17, 15) is 23.8 Å². The predicted molar refractivity (Wildman–Crippen MR) is 210 cm³/mol. The molecule has 0 bridgehead atoms. The van der Waals surface area contributed by atoms with E-state index in [0.717, 1.165) is 55.9 Å². The molecule has 6 atom stereocenters. The summed E-state index contributed by atoms with van der Waals surface area (Å²) in [6.07, 6.45) is 10.7. The van der Waals surface area contributed by atoms with Gasteiger partial charge in [-0.25, -0.2) is 9.78 Å². The molecule has 0 radical (unpaired) electrons. The van der Waals surface area contributed by atoms with Gasteiger partial charge in [-0.15, -0.1) is 0 Å². The van der Waals surface area contributed by atoms with Gasteiger partial charge in [0, 0.05) is 41.6 Å². The minimum absolute atomic E-state index is 0.0650. The van der Waals surface area contributed by atoms with Crippen molar-refractivity contribution in [2.45, 2.75) is 114 Å². The summed E-state index contributed by atoms with van der Waals surface area (Å²) < 4.78 is 31.9. The number of aromatic nitrogens is 1. The number of carbonyl (C=O) groups excluding carboxylic acids is 3. The Bertz CT molecular complexity index is 1950. The van der Waals surface area contributed by atoms with E-state index in [1.54, 1.807) is 7.11 Å². The SMILES string of the molecule is CCCP(=O)(O)[C@@]12C[C@@H]1/C=C\CCCCC[C@H](NC(=O)OC1CCCC1)C(=O)N1C[C@H](Oc3cc(-c4ccccc4)nc4cc(OC)ccc34)C[C@H]1C(=O)N2. The van der Waals surface area contributed by atoms with Crippen LogP contribution < -0.4 is 20.1 Å². The first-order valence-corrected chi connectivity index (χ1v) is 21.7. The Kier molecular flexibility index (Phi) is 11.8. The maximum absolute atomic E-state index is 14.7. The highest BCUT2D eigenvalue weighted by molar-refractivity contribution is 7.60. The highest BCUT2D eigenvalue weighted by atomic mass is 31.2. The van der Waals surface area contributed by atoms with Crippen molar-refractivity contribution in [3.05, 3.63) is 66.7 Å². The molecule has 2 aromatic carbocycles. The highest BCUT2D eigenvalue weighted by Gasteiger charge is 2.65. The molecule has 3 fully saturated rings. The molecule has 7 rings (SSSR count). The largest absolute Gasteiger partial charge is 0.497 e. The van der Waals surface area contributed by atoms with Gasteiger partial charge in [0.15, 0.2) is 0 Å². The lowest BCUT2D eigenvalue weighted by atomic mass is 10.0. The zero-order valence-electron chi connectivity index (χ0n) is 31.8. The molecule has 2 aliphatic heterocycles. The fourth-order valence-electron chi connectivity index (χ4n) is 8.49. The van der Waals surface area contributed by atoms with E-state index in [-0.39, 0.29) is 31.1 Å². The van der Waals surface area contributed by atoms with Gasteiger partial charge in [0.1, 0.15) is 41.1 Å². The van der Waals surface area contributed by atoms with Gasteiger partial charge in [-0.1, -0.05) is 62.2 Å². The number of ether oxygens (including phenoxy) is 3. The third-order valence-corrected chi connectivity index (χ3v) is 14.5. The van der Waals surface area contributed by atoms with Crippen LogP contribution in [-0.2, 0) is 18.9 Å². The number of methoxy groups -OCH3 is 1. The molecule has 12 nitrogen and oxygen atoms in total. The fraction of sp³-hybridized carbons (Fsp3) is 0.524. The monoisotopic (exact) mass is 772 g/mol. The Morgan fingerprint density at radius 3 is 2.58 bits per heavy atom. The molecule has 3 N–H and O–H groups in total. The average Bonchev–Trinajstić information content (AvgIpc) is 3.45. The van der Waals surface area contributed by atoms with E-state index >= 15 is 0 Å². The summed E-state index contributed by atoms with van der Waals surface area (Å²) in [6, 6.07) is 15.2. The predicted octanol–water partition coefficient (Wildman–Crippen LogP) is 7.33. The van der Waals surface area contributed by atoms with Crippen molar-refractivity contribution in [1.82, 2.24) is 20.5 Å². The number of nitrogens with one attached hydrogen (secondary N) is 2. The van der Waals surface area contributed by atoms with Crippen LogP contribution in [0.15, 0.2) is 66.7 Å². The minimum atomic E-state index is -3.82. The van der Waals surface area contributed by atoms with Crippen molar-refractivity contribution in [1.29, 1.82) is 0 Å². The first kappa shape index (κ1) is 38.8. The number of hydrogen-bond acceptors (Lipinski definition) is 8. The molecule has 2 aliphatic carbocycles. The lowest BCUT2D eigenvalue weighted by molar-refractivity contribution is -0.140. The summed E-state index contributed by atoms with van der Waals surface area (Å²) in [5, 5.41) is 5.33. The molecule has 1 unspecified atom stereocenters. The number of pyridine rings is 1. The van der Waals surface area contributed by atoms with Gasteiger partial charge in [0.05, 0.1) is 24.9 Å². The van der Waals surface area contributed by atoms with Crippen LogP contribution in [0.3, 0.4) is 0 Å². The number of fused-ring (bicyclic) bond motifs is 3. The first-order chi connectivity index (χ1) is 26.6. The third-order valence-electron chi connectivity index (χ3n) is 11.6. The number of nitrogens with zero attached hydrogens (tertiary/aromatic N) is 2. The minimum Gasteiger partial charge on any atom is -0.497 e. The Labute approximate surface area is 322 Å². The molecule has 3 amide bonds. The van der Waals surface area contributed by atoms with Crippen LogP contribution in [0.2, 0.25) is 0 Å². The van der Waals surface area contributed by atoms with Gasteiger partial charge in [-0.05, 0) is 69.9 Å². The second-order valence-electron chi connectivity index (χ2n) is 15.5. The number of alkyl carbamates (subject to hydrolysis) is 1. The summed E-state index contributed by atoms with van der Waals surface area (Å²) >= 11 is 0. The Balaban J connectivity index is 1.22. The second kappa shape index (κ2) is 16.8. The van der Waals surface area contributed by atoms with E-state index in [0.29, 0.717) is 48.4 Å². The number of hydrogen-bond donors (Lipinski definition) is 3. The summed E-state index contributed by atoms with van der Waals surface area (Å²) in [4.78, 5) is 60.1. The number of amides is 3. The molecule has 13 heteroatoms. The Hall–Kier alpha value is -4.41. The second-order valence-corrected chi connectivity index (χ2v) is 18.1. The zero-order chi connectivity index (χ0) is 38.6. The van der Waals surface area contributed by atoms with E-state index < -0.39 is 48.7 Å². The Morgan fingerprint density at radius 1 is 1.04 bits per heavy atom. The van der Waals surface area contributed by atoms with Gasteiger partial charge >= 0.3 is 6.09 Å². The van der Waals surface area contributed by atoms with Crippen LogP contribution in [0.25, 0.3) is 22.2 Å². The number of carbonyl (C=O) groups is 3. The van der Waals surface area contributed by atoms with Crippen molar-refractivity contribution < 1.29 is 38.1 Å². The van der Waals surface area contributed by atoms with Gasteiger partial charge in [-0.2, -0.15) is 0 Å². The van der Waals surface area contributed by atoms with Crippen LogP contribution in [0, 0.1) is 5.92 Å². The van der Waals surface area contributed by atoms with E-state index in [2.05, 4.69) is 10.6 Å². The van der Waals surface area contributed by atoms with Crippen LogP contribution in [0.5, 0.6) is 11.5 Å². The smallest absolute Gasteiger partial charge is 0.408 e. The maximum Gasteiger partial charge on any atom is 0.408 e. The number of benzene rings is 2. The molecule has 55 heavy (non-hydrogen) atoms. The summed E-state index contributed by atoms with van der Waals surface area (Å²) in [6.45, 7) is 1.92. The summed E-state index contributed by atoms with van der Waals surface area (Å²) in [5.41, 5.74) is 2.24. The van der Waals surface area contributed by atoms with Crippen molar-refractivity contribution in [3.8, 4) is 22.8 Å². The summed E-state index contributed by atoms with van der Waals surface area (Å²) in [7, 11) is -2.22.